The van der Waals surface area contributed by atoms with E-state index in [0.717, 1.165) is 11.5 Å². The number of carbonyl (C=O) groups is 4. The largest absolute Gasteiger partial charge is 0.359 e. The van der Waals surface area contributed by atoms with Crippen LogP contribution < -0.4 is 20.4 Å². The minimum absolute atomic E-state index is 0.0831. The Balaban J connectivity index is 1.00. The number of aromatic nitrogens is 2. The molecule has 64 heavy (non-hydrogen) atoms. The van der Waals surface area contributed by atoms with E-state index in [9.17, 15) is 36.0 Å². The molecule has 0 unspecified atom stereocenters. The monoisotopic (exact) mass is 916 g/mol. The summed E-state index contributed by atoms with van der Waals surface area (Å²) >= 11 is 0. The molecule has 20 heteroatoms. The van der Waals surface area contributed by atoms with Crippen LogP contribution in [0.25, 0.3) is 21.5 Å². The van der Waals surface area contributed by atoms with Gasteiger partial charge in [-0.3, -0.25) is 19.2 Å². The number of hydrogen-bond donors (Lipinski definition) is 2. The second-order valence-electron chi connectivity index (χ2n) is 15.8. The van der Waals surface area contributed by atoms with Crippen LogP contribution in [-0.2, 0) is 39.2 Å². The lowest BCUT2D eigenvalue weighted by atomic mass is 10.1. The fourth-order valence-corrected chi connectivity index (χ4v) is 11.7. The molecule has 2 aromatic heterocycles. The highest BCUT2D eigenvalue weighted by atomic mass is 32.2. The first-order valence-corrected chi connectivity index (χ1v) is 24.0. The second kappa shape index (κ2) is 20.3. The van der Waals surface area contributed by atoms with Gasteiger partial charge in [-0.05, 0) is 63.6 Å². The van der Waals surface area contributed by atoms with Crippen LogP contribution in [0.4, 0.5) is 11.6 Å². The van der Waals surface area contributed by atoms with E-state index in [4.69, 9.17) is 0 Å². The van der Waals surface area contributed by atoms with E-state index in [1.54, 1.807) is 79.7 Å². The number of anilines is 2. The summed E-state index contributed by atoms with van der Waals surface area (Å²) in [5.74, 6) is -0.316. The zero-order valence-electron chi connectivity index (χ0n) is 36.8. The molecular formula is C44H56N10O8S2. The first-order chi connectivity index (χ1) is 30.5. The molecule has 6 rings (SSSR count). The quantitative estimate of drug-likeness (QED) is 0.155. The lowest BCUT2D eigenvalue weighted by Gasteiger charge is -2.39. The van der Waals surface area contributed by atoms with Crippen LogP contribution in [0.15, 0.2) is 95.5 Å². The highest BCUT2D eigenvalue weighted by Crippen LogP contribution is 2.33. The van der Waals surface area contributed by atoms with Crippen LogP contribution in [0.3, 0.4) is 0 Å². The predicted molar refractivity (Wildman–Crippen MR) is 246 cm³/mol. The van der Waals surface area contributed by atoms with E-state index in [2.05, 4.69) is 27.2 Å². The van der Waals surface area contributed by atoms with Gasteiger partial charge in [0.15, 0.2) is 0 Å². The van der Waals surface area contributed by atoms with Crippen molar-refractivity contribution in [2.45, 2.75) is 49.1 Å². The summed E-state index contributed by atoms with van der Waals surface area (Å²) in [7, 11) is -4.18. The summed E-state index contributed by atoms with van der Waals surface area (Å²) in [6.45, 7) is 10.4. The molecule has 4 aromatic rings. The Kier molecular flexibility index (Phi) is 15.0. The van der Waals surface area contributed by atoms with Gasteiger partial charge in [0, 0.05) is 112 Å². The maximum atomic E-state index is 14.1. The van der Waals surface area contributed by atoms with Gasteiger partial charge in [0.2, 0.25) is 43.7 Å². The second-order valence-corrected chi connectivity index (χ2v) is 19.6. The van der Waals surface area contributed by atoms with E-state index in [1.165, 1.54) is 19.6 Å². The average molecular weight is 917 g/mol. The first kappa shape index (κ1) is 47.5. The summed E-state index contributed by atoms with van der Waals surface area (Å²) in [6, 6.07) is 12.5. The zero-order chi connectivity index (χ0) is 46.3. The zero-order valence-corrected chi connectivity index (χ0v) is 38.4. The number of piperazine rings is 2. The van der Waals surface area contributed by atoms with Crippen molar-refractivity contribution in [3.8, 4) is 0 Å². The van der Waals surface area contributed by atoms with Crippen LogP contribution in [0.5, 0.6) is 0 Å². The lowest BCUT2D eigenvalue weighted by Crippen LogP contribution is -2.56. The Hall–Kier alpha value is -5.96. The Morgan fingerprint density at radius 2 is 1.17 bits per heavy atom. The molecule has 2 aliphatic rings. The van der Waals surface area contributed by atoms with Gasteiger partial charge in [-0.1, -0.05) is 36.9 Å². The van der Waals surface area contributed by atoms with E-state index < -0.39 is 43.9 Å². The third-order valence-electron chi connectivity index (χ3n) is 11.6. The van der Waals surface area contributed by atoms with Gasteiger partial charge in [0.05, 0.1) is 22.9 Å². The van der Waals surface area contributed by atoms with Crippen molar-refractivity contribution in [3.63, 3.8) is 0 Å². The number of hydrogen-bond acceptors (Lipinski definition) is 12. The van der Waals surface area contributed by atoms with Crippen molar-refractivity contribution in [1.82, 2.24) is 39.0 Å². The molecule has 342 valence electrons. The summed E-state index contributed by atoms with van der Waals surface area (Å²) in [6.07, 6.45) is 7.70. The molecular weight excluding hydrogens is 861 g/mol. The number of fused-ring (bicyclic) bond motifs is 2. The molecule has 4 heterocycles. The Morgan fingerprint density at radius 1 is 0.703 bits per heavy atom. The van der Waals surface area contributed by atoms with Gasteiger partial charge in [0.1, 0.15) is 11.6 Å². The van der Waals surface area contributed by atoms with Gasteiger partial charge in [-0.15, -0.1) is 0 Å². The summed E-state index contributed by atoms with van der Waals surface area (Å²) in [5, 5.41) is 7.53. The Morgan fingerprint density at radius 3 is 1.62 bits per heavy atom. The summed E-state index contributed by atoms with van der Waals surface area (Å²) < 4.78 is 59.0. The van der Waals surface area contributed by atoms with Crippen molar-refractivity contribution in [3.05, 3.63) is 85.7 Å². The Labute approximate surface area is 374 Å². The minimum Gasteiger partial charge on any atom is -0.359 e. The van der Waals surface area contributed by atoms with Gasteiger partial charge in [-0.2, -0.15) is 8.61 Å². The third-order valence-corrected chi connectivity index (χ3v) is 15.8. The molecule has 18 nitrogen and oxygen atoms in total. The molecule has 0 bridgehead atoms. The van der Waals surface area contributed by atoms with Gasteiger partial charge in [-0.25, -0.2) is 26.8 Å². The van der Waals surface area contributed by atoms with Crippen LogP contribution in [0.2, 0.25) is 0 Å². The van der Waals surface area contributed by atoms with Crippen molar-refractivity contribution >= 4 is 76.9 Å². The third kappa shape index (κ3) is 10.2. The SMILES string of the molecule is C=CC(=O)NCC(=O)N1CCN(S(=O)(=O)c2cccc3c(N(C)CC/C=C/C(=O)NCC(=O)N4CCN(S(=O)(=O)c5cccc6c(N(C)CC)nccc56)[C@H](C)C4)nccc23)[C@@H](C)C1. The normalized spacial score (nSPS) is 17.7. The topological polar surface area (TPSA) is 206 Å². The number of nitrogens with one attached hydrogen (secondary N) is 2. The molecule has 0 saturated carbocycles. The smallest absolute Gasteiger partial charge is 0.244 e. The maximum absolute atomic E-state index is 14.1. The Bertz CT molecular complexity index is 2680. The number of pyridine rings is 2. The molecule has 4 amide bonds. The summed E-state index contributed by atoms with van der Waals surface area (Å²) in [5.41, 5.74) is 0. The number of rotatable bonds is 16. The maximum Gasteiger partial charge on any atom is 0.244 e. The minimum atomic E-state index is -3.99. The lowest BCUT2D eigenvalue weighted by molar-refractivity contribution is -0.134. The number of amides is 4. The van der Waals surface area contributed by atoms with Crippen molar-refractivity contribution in [2.24, 2.45) is 0 Å². The number of sulfonamides is 2. The van der Waals surface area contributed by atoms with Gasteiger partial charge in [0.25, 0.3) is 0 Å². The number of nitrogens with zero attached hydrogens (tertiary/aromatic N) is 8. The van der Waals surface area contributed by atoms with Crippen LogP contribution >= 0.6 is 0 Å². The molecule has 2 atom stereocenters. The molecule has 0 radical (unpaired) electrons. The molecule has 0 spiro atoms. The van der Waals surface area contributed by atoms with Gasteiger partial charge < -0.3 is 30.2 Å². The average Bonchev–Trinajstić information content (AvgIpc) is 3.29. The molecule has 0 aliphatic carbocycles. The van der Waals surface area contributed by atoms with Crippen molar-refractivity contribution in [2.75, 3.05) is 89.3 Å². The van der Waals surface area contributed by atoms with E-state index in [1.807, 2.05) is 36.9 Å². The van der Waals surface area contributed by atoms with Crippen LogP contribution in [0, 0.1) is 0 Å². The van der Waals surface area contributed by atoms with Crippen LogP contribution in [0.1, 0.15) is 27.2 Å². The fourth-order valence-electron chi connectivity index (χ4n) is 8.08. The number of carbonyl (C=O) groups excluding carboxylic acids is 4. The molecule has 2 aliphatic heterocycles. The van der Waals surface area contributed by atoms with Crippen molar-refractivity contribution in [1.29, 1.82) is 0 Å². The molecule has 2 saturated heterocycles. The van der Waals surface area contributed by atoms with E-state index >= 15 is 0 Å². The van der Waals surface area contributed by atoms with Gasteiger partial charge >= 0.3 is 0 Å². The highest BCUT2D eigenvalue weighted by Gasteiger charge is 2.38. The van der Waals surface area contributed by atoms with Crippen LogP contribution in [-0.4, -0.2) is 160 Å². The summed E-state index contributed by atoms with van der Waals surface area (Å²) in [4.78, 5) is 66.3. The molecule has 2 N–H and O–H groups in total. The highest BCUT2D eigenvalue weighted by molar-refractivity contribution is 7.89. The fraction of sp³-hybridized carbons (Fsp3) is 0.409. The molecule has 2 fully saturated rings. The number of benzene rings is 2. The van der Waals surface area contributed by atoms with Crippen molar-refractivity contribution < 1.29 is 36.0 Å². The van der Waals surface area contributed by atoms with E-state index in [0.29, 0.717) is 47.3 Å². The first-order valence-electron chi connectivity index (χ1n) is 21.1. The standard InChI is InChI=1S/C44H56N10O8S2/c1-7-39(55)47-27-41(57)51-23-25-54(31(3)29-51)64(61,62)38-16-12-14-36-34(38)19-21-46-44(36)50(6)22-10-9-17-40(56)48-28-42(58)52-24-26-53(32(4)30-52)63(59,60)37-15-11-13-35-33(37)18-20-45-43(35)49(5)8-2/h7,9,11-21,31-32H,1,8,10,22-30H2,2-6H3,(H,47,55)(H,48,56)/b17-9+/t31-,32+/m0/s1. The predicted octanol–water partition coefficient (Wildman–Crippen LogP) is 2.18. The van der Waals surface area contributed by atoms with E-state index in [-0.39, 0.29) is 74.0 Å². The molecule has 2 aromatic carbocycles.